The van der Waals surface area contributed by atoms with Crippen molar-refractivity contribution in [1.29, 1.82) is 0 Å². The molecule has 0 N–H and O–H groups in total. The first-order chi connectivity index (χ1) is 9.54. The molecular weight excluding hydrogens is 427 g/mol. The summed E-state index contributed by atoms with van der Waals surface area (Å²) in [5.74, 6) is -0.863. The van der Waals surface area contributed by atoms with Crippen molar-refractivity contribution in [3.63, 3.8) is 0 Å². The van der Waals surface area contributed by atoms with E-state index in [1.54, 1.807) is 26.8 Å². The van der Waals surface area contributed by atoms with Crippen LogP contribution in [0.4, 0.5) is 5.69 Å². The number of anilines is 1. The number of hydrogen-bond donors (Lipinski definition) is 0. The number of rotatable bonds is 2. The van der Waals surface area contributed by atoms with Gasteiger partial charge in [0.2, 0.25) is 0 Å². The standard InChI is InChI=1S/C13H13Br2ClN2O3/c1-12(2,3)21-8(19)6-18-9-7(4-5-17-10(9)16)13(14,15)11(18)20/h4-5H,6H2,1-3H3. The molecule has 0 saturated heterocycles. The third-order valence-electron chi connectivity index (χ3n) is 2.71. The Bertz CT molecular complexity index is 614. The Kier molecular flexibility index (Phi) is 4.39. The Morgan fingerprint density at radius 2 is 2.10 bits per heavy atom. The van der Waals surface area contributed by atoms with Gasteiger partial charge in [-0.1, -0.05) is 43.5 Å². The summed E-state index contributed by atoms with van der Waals surface area (Å²) in [4.78, 5) is 29.7. The number of aromatic nitrogens is 1. The van der Waals surface area contributed by atoms with Crippen LogP contribution in [-0.2, 0) is 17.6 Å². The molecule has 0 saturated carbocycles. The van der Waals surface area contributed by atoms with Crippen LogP contribution in [0.2, 0.25) is 5.15 Å². The van der Waals surface area contributed by atoms with Gasteiger partial charge in [0, 0.05) is 11.8 Å². The summed E-state index contributed by atoms with van der Waals surface area (Å²) in [6.45, 7) is 5.06. The lowest BCUT2D eigenvalue weighted by atomic mass is 10.2. The van der Waals surface area contributed by atoms with E-state index in [4.69, 9.17) is 16.3 Å². The van der Waals surface area contributed by atoms with Crippen molar-refractivity contribution < 1.29 is 14.3 Å². The van der Waals surface area contributed by atoms with E-state index < -0.39 is 14.8 Å². The van der Waals surface area contributed by atoms with Crippen LogP contribution in [0.3, 0.4) is 0 Å². The van der Waals surface area contributed by atoms with Crippen LogP contribution in [0.15, 0.2) is 12.3 Å². The van der Waals surface area contributed by atoms with Crippen LogP contribution in [0.25, 0.3) is 0 Å². The molecule has 1 aromatic rings. The predicted octanol–water partition coefficient (Wildman–Crippen LogP) is 3.37. The number of esters is 1. The summed E-state index contributed by atoms with van der Waals surface area (Å²) < 4.78 is 4.14. The second-order valence-corrected chi connectivity index (χ2v) is 9.35. The number of carbonyl (C=O) groups is 2. The van der Waals surface area contributed by atoms with Gasteiger partial charge in [-0.05, 0) is 26.8 Å². The summed E-state index contributed by atoms with van der Waals surface area (Å²) in [6.07, 6.45) is 1.50. The number of pyridine rings is 1. The molecule has 2 rings (SSSR count). The molecule has 0 atom stereocenters. The monoisotopic (exact) mass is 438 g/mol. The molecule has 1 aliphatic heterocycles. The minimum atomic E-state index is -1.11. The van der Waals surface area contributed by atoms with Crippen molar-refractivity contribution in [1.82, 2.24) is 4.98 Å². The molecule has 2 heterocycles. The fraction of sp³-hybridized carbons (Fsp3) is 0.462. The van der Waals surface area contributed by atoms with Gasteiger partial charge in [-0.15, -0.1) is 0 Å². The van der Waals surface area contributed by atoms with E-state index in [9.17, 15) is 9.59 Å². The molecule has 0 bridgehead atoms. The highest BCUT2D eigenvalue weighted by atomic mass is 79.9. The van der Waals surface area contributed by atoms with E-state index in [0.717, 1.165) is 0 Å². The maximum absolute atomic E-state index is 12.5. The van der Waals surface area contributed by atoms with Crippen LogP contribution in [0, 0.1) is 0 Å². The van der Waals surface area contributed by atoms with E-state index in [-0.39, 0.29) is 17.6 Å². The first-order valence-electron chi connectivity index (χ1n) is 6.10. The summed E-state index contributed by atoms with van der Waals surface area (Å²) in [6, 6.07) is 1.66. The first kappa shape index (κ1) is 16.7. The highest BCUT2D eigenvalue weighted by Gasteiger charge is 2.49. The third kappa shape index (κ3) is 3.24. The molecule has 5 nitrogen and oxygen atoms in total. The molecule has 0 unspecified atom stereocenters. The maximum Gasteiger partial charge on any atom is 0.326 e. The van der Waals surface area contributed by atoms with Gasteiger partial charge < -0.3 is 4.74 Å². The average Bonchev–Trinajstić information content (AvgIpc) is 2.50. The van der Waals surface area contributed by atoms with Gasteiger partial charge in [-0.2, -0.15) is 0 Å². The Morgan fingerprint density at radius 3 is 2.67 bits per heavy atom. The molecular formula is C13H13Br2ClN2O3. The number of amides is 1. The van der Waals surface area contributed by atoms with E-state index >= 15 is 0 Å². The van der Waals surface area contributed by atoms with Crippen molar-refractivity contribution in [2.24, 2.45) is 0 Å². The van der Waals surface area contributed by atoms with Gasteiger partial charge in [-0.3, -0.25) is 14.5 Å². The summed E-state index contributed by atoms with van der Waals surface area (Å²) in [5, 5.41) is 0.158. The Labute approximate surface area is 144 Å². The molecule has 0 aliphatic carbocycles. The van der Waals surface area contributed by atoms with Crippen LogP contribution >= 0.6 is 43.5 Å². The normalized spacial score (nSPS) is 16.9. The molecule has 1 aromatic heterocycles. The molecule has 0 spiro atoms. The largest absolute Gasteiger partial charge is 0.459 e. The average molecular weight is 441 g/mol. The van der Waals surface area contributed by atoms with Gasteiger partial charge in [0.15, 0.2) is 8.39 Å². The highest BCUT2D eigenvalue weighted by molar-refractivity contribution is 9.25. The van der Waals surface area contributed by atoms with Gasteiger partial charge in [0.1, 0.15) is 12.1 Å². The second-order valence-electron chi connectivity index (χ2n) is 5.55. The van der Waals surface area contributed by atoms with Crippen LogP contribution < -0.4 is 4.90 Å². The van der Waals surface area contributed by atoms with Gasteiger partial charge >= 0.3 is 5.97 Å². The zero-order valence-electron chi connectivity index (χ0n) is 11.6. The van der Waals surface area contributed by atoms with E-state index in [1.807, 2.05) is 0 Å². The van der Waals surface area contributed by atoms with E-state index in [1.165, 1.54) is 11.1 Å². The Morgan fingerprint density at radius 1 is 1.48 bits per heavy atom. The highest BCUT2D eigenvalue weighted by Crippen LogP contribution is 2.52. The zero-order valence-corrected chi connectivity index (χ0v) is 15.5. The fourth-order valence-corrected chi connectivity index (χ4v) is 3.31. The van der Waals surface area contributed by atoms with E-state index in [2.05, 4.69) is 36.8 Å². The van der Waals surface area contributed by atoms with E-state index in [0.29, 0.717) is 11.3 Å². The number of alkyl halides is 2. The minimum Gasteiger partial charge on any atom is -0.459 e. The number of ether oxygens (including phenoxy) is 1. The van der Waals surface area contributed by atoms with Crippen molar-refractivity contribution in [3.05, 3.63) is 23.0 Å². The number of fused-ring (bicyclic) bond motifs is 1. The summed E-state index contributed by atoms with van der Waals surface area (Å²) in [7, 11) is 0. The maximum atomic E-state index is 12.5. The fourth-order valence-electron chi connectivity index (χ4n) is 1.98. The summed E-state index contributed by atoms with van der Waals surface area (Å²) in [5.41, 5.74) is 0.390. The lowest BCUT2D eigenvalue weighted by Crippen LogP contribution is -2.39. The zero-order chi connectivity index (χ0) is 16.0. The number of halogens is 3. The van der Waals surface area contributed by atoms with Crippen molar-refractivity contribution in [2.45, 2.75) is 29.6 Å². The number of nitrogens with zero attached hydrogens (tertiary/aromatic N) is 2. The molecule has 0 aromatic carbocycles. The topological polar surface area (TPSA) is 59.5 Å². The predicted molar refractivity (Wildman–Crippen MR) is 87.0 cm³/mol. The minimum absolute atomic E-state index is 0.158. The number of hydrogen-bond acceptors (Lipinski definition) is 4. The molecule has 8 heteroatoms. The van der Waals surface area contributed by atoms with Crippen LogP contribution in [0.1, 0.15) is 26.3 Å². The Balaban J connectivity index is 2.35. The van der Waals surface area contributed by atoms with Gasteiger partial charge in [0.25, 0.3) is 5.91 Å². The first-order valence-corrected chi connectivity index (χ1v) is 8.07. The van der Waals surface area contributed by atoms with Gasteiger partial charge in [-0.25, -0.2) is 4.98 Å². The van der Waals surface area contributed by atoms with Crippen molar-refractivity contribution in [2.75, 3.05) is 11.4 Å². The Hall–Kier alpha value is -0.660. The molecule has 0 radical (unpaired) electrons. The van der Waals surface area contributed by atoms with Crippen molar-refractivity contribution in [3.8, 4) is 0 Å². The number of carbonyl (C=O) groups excluding carboxylic acids is 2. The molecule has 114 valence electrons. The molecule has 1 aliphatic rings. The van der Waals surface area contributed by atoms with Crippen LogP contribution in [0.5, 0.6) is 0 Å². The smallest absolute Gasteiger partial charge is 0.326 e. The van der Waals surface area contributed by atoms with Gasteiger partial charge in [0.05, 0.1) is 5.69 Å². The van der Waals surface area contributed by atoms with Crippen molar-refractivity contribution >= 4 is 61.0 Å². The second kappa shape index (κ2) is 5.52. The SMILES string of the molecule is CC(C)(C)OC(=O)CN1C(=O)C(Br)(Br)c2ccnc(Cl)c21. The molecule has 0 fully saturated rings. The molecule has 1 amide bonds. The summed E-state index contributed by atoms with van der Waals surface area (Å²) >= 11 is 12.7. The third-order valence-corrected chi connectivity index (χ3v) is 4.52. The lowest BCUT2D eigenvalue weighted by molar-refractivity contribution is -0.153. The quantitative estimate of drug-likeness (QED) is 0.402. The van der Waals surface area contributed by atoms with Crippen LogP contribution in [-0.4, -0.2) is 29.0 Å². The lowest BCUT2D eigenvalue weighted by Gasteiger charge is -2.23. The molecule has 21 heavy (non-hydrogen) atoms.